The molecule has 4 N–H and O–H groups in total. The summed E-state index contributed by atoms with van der Waals surface area (Å²) >= 11 is 7.27. The Bertz CT molecular complexity index is 863. The molecule has 1 fully saturated rings. The first-order valence-corrected chi connectivity index (χ1v) is 10.7. The SMILES string of the molecule is COc1ccc(Cc2cc(Cl)ccc2O[C@H]2S[C@@H](CO)[C@@H](O)[C@H](O)[C@H]2O)c(OC)c1. The predicted molar refractivity (Wildman–Crippen MR) is 115 cm³/mol. The summed E-state index contributed by atoms with van der Waals surface area (Å²) in [7, 11) is 3.15. The summed E-state index contributed by atoms with van der Waals surface area (Å²) in [5, 5.41) is 39.8. The van der Waals surface area contributed by atoms with Gasteiger partial charge in [0.05, 0.1) is 32.2 Å². The Morgan fingerprint density at radius 1 is 0.900 bits per heavy atom. The highest BCUT2D eigenvalue weighted by molar-refractivity contribution is 8.00. The van der Waals surface area contributed by atoms with Crippen molar-refractivity contribution in [2.75, 3.05) is 20.8 Å². The van der Waals surface area contributed by atoms with Crippen molar-refractivity contribution in [3.8, 4) is 17.2 Å². The molecule has 2 aromatic carbocycles. The second-order valence-corrected chi connectivity index (χ2v) is 8.70. The molecule has 9 heteroatoms. The maximum absolute atomic E-state index is 10.4. The van der Waals surface area contributed by atoms with Crippen LogP contribution in [0.15, 0.2) is 36.4 Å². The number of ether oxygens (including phenoxy) is 3. The van der Waals surface area contributed by atoms with Gasteiger partial charge in [0, 0.05) is 23.1 Å². The molecule has 30 heavy (non-hydrogen) atoms. The van der Waals surface area contributed by atoms with Gasteiger partial charge >= 0.3 is 0 Å². The van der Waals surface area contributed by atoms with Crippen molar-refractivity contribution in [3.05, 3.63) is 52.5 Å². The molecule has 7 nitrogen and oxygen atoms in total. The van der Waals surface area contributed by atoms with E-state index in [9.17, 15) is 20.4 Å². The zero-order chi connectivity index (χ0) is 21.8. The van der Waals surface area contributed by atoms with E-state index in [4.69, 9.17) is 25.8 Å². The van der Waals surface area contributed by atoms with Gasteiger partial charge in [0.1, 0.15) is 29.5 Å². The average Bonchev–Trinajstić information content (AvgIpc) is 2.75. The lowest BCUT2D eigenvalue weighted by Crippen LogP contribution is -2.55. The average molecular weight is 457 g/mol. The molecule has 0 spiro atoms. The molecule has 0 unspecified atom stereocenters. The molecule has 3 rings (SSSR count). The van der Waals surface area contributed by atoms with E-state index in [1.807, 2.05) is 12.1 Å². The van der Waals surface area contributed by atoms with E-state index in [1.165, 1.54) is 0 Å². The van der Waals surface area contributed by atoms with Crippen LogP contribution in [0.3, 0.4) is 0 Å². The van der Waals surface area contributed by atoms with Gasteiger partial charge in [0.15, 0.2) is 5.44 Å². The monoisotopic (exact) mass is 456 g/mol. The van der Waals surface area contributed by atoms with Crippen molar-refractivity contribution >= 4 is 23.4 Å². The molecule has 1 aliphatic rings. The molecule has 5 atom stereocenters. The van der Waals surface area contributed by atoms with Crippen LogP contribution >= 0.6 is 23.4 Å². The number of halogens is 1. The summed E-state index contributed by atoms with van der Waals surface area (Å²) < 4.78 is 16.7. The second-order valence-electron chi connectivity index (χ2n) is 6.92. The summed E-state index contributed by atoms with van der Waals surface area (Å²) in [4.78, 5) is 0. The first kappa shape index (κ1) is 23.0. The van der Waals surface area contributed by atoms with Crippen molar-refractivity contribution in [2.45, 2.75) is 35.4 Å². The highest BCUT2D eigenvalue weighted by Crippen LogP contribution is 2.37. The Balaban J connectivity index is 1.87. The van der Waals surface area contributed by atoms with Crippen LogP contribution in [0.4, 0.5) is 0 Å². The van der Waals surface area contributed by atoms with Crippen LogP contribution in [-0.4, -0.2) is 70.3 Å². The Hall–Kier alpha value is -1.68. The van der Waals surface area contributed by atoms with E-state index in [2.05, 4.69) is 0 Å². The molecule has 0 saturated carbocycles. The number of rotatable bonds is 7. The van der Waals surface area contributed by atoms with Crippen LogP contribution in [-0.2, 0) is 6.42 Å². The fourth-order valence-corrected chi connectivity index (χ4v) is 4.72. The third-order valence-electron chi connectivity index (χ3n) is 4.99. The summed E-state index contributed by atoms with van der Waals surface area (Å²) in [6.07, 6.45) is -3.56. The fraction of sp³-hybridized carbons (Fsp3) is 0.429. The number of aliphatic hydroxyl groups excluding tert-OH is 4. The minimum Gasteiger partial charge on any atom is -0.497 e. The zero-order valence-corrected chi connectivity index (χ0v) is 18.1. The van der Waals surface area contributed by atoms with Crippen molar-refractivity contribution < 1.29 is 34.6 Å². The standard InChI is InChI=1S/C21H25ClO7S/c1-27-14-5-3-11(16(9-14)28-2)7-12-8-13(22)4-6-15(12)29-21-20(26)19(25)18(24)17(10-23)30-21/h3-6,8-9,17-21,23-26H,7,10H2,1-2H3/t17-,18+,19-,20+,21-/m0/s1. The number of methoxy groups -OCH3 is 2. The van der Waals surface area contributed by atoms with Crippen molar-refractivity contribution in [2.24, 2.45) is 0 Å². The van der Waals surface area contributed by atoms with Crippen LogP contribution in [0.2, 0.25) is 5.02 Å². The van der Waals surface area contributed by atoms with Gasteiger partial charge in [-0.05, 0) is 29.8 Å². The Kier molecular flexibility index (Phi) is 7.73. The van der Waals surface area contributed by atoms with Crippen molar-refractivity contribution in [1.82, 2.24) is 0 Å². The van der Waals surface area contributed by atoms with Crippen LogP contribution in [0, 0.1) is 0 Å². The van der Waals surface area contributed by atoms with E-state index >= 15 is 0 Å². The van der Waals surface area contributed by atoms with Crippen molar-refractivity contribution in [1.29, 1.82) is 0 Å². The minimum absolute atomic E-state index is 0.355. The largest absolute Gasteiger partial charge is 0.497 e. The van der Waals surface area contributed by atoms with Gasteiger partial charge in [-0.2, -0.15) is 0 Å². The molecule has 0 bridgehead atoms. The number of thioether (sulfide) groups is 1. The van der Waals surface area contributed by atoms with Gasteiger partial charge in [0.2, 0.25) is 0 Å². The van der Waals surface area contributed by atoms with E-state index in [0.29, 0.717) is 28.7 Å². The summed E-state index contributed by atoms with van der Waals surface area (Å²) in [5.74, 6) is 1.78. The molecule has 1 aliphatic heterocycles. The van der Waals surface area contributed by atoms with Crippen LogP contribution in [0.5, 0.6) is 17.2 Å². The smallest absolute Gasteiger partial charge is 0.173 e. The summed E-state index contributed by atoms with van der Waals surface area (Å²) in [6.45, 7) is -0.355. The maximum Gasteiger partial charge on any atom is 0.173 e. The van der Waals surface area contributed by atoms with Gasteiger partial charge < -0.3 is 34.6 Å². The molecular formula is C21H25ClO7S. The molecule has 0 aliphatic carbocycles. The third-order valence-corrected chi connectivity index (χ3v) is 6.65. The Morgan fingerprint density at radius 3 is 2.33 bits per heavy atom. The topological polar surface area (TPSA) is 109 Å². The van der Waals surface area contributed by atoms with Crippen LogP contribution < -0.4 is 14.2 Å². The van der Waals surface area contributed by atoms with E-state index in [0.717, 1.165) is 22.9 Å². The summed E-state index contributed by atoms with van der Waals surface area (Å²) in [6, 6.07) is 10.6. The quantitative estimate of drug-likeness (QED) is 0.500. The molecule has 0 amide bonds. The number of aliphatic hydroxyl groups is 4. The van der Waals surface area contributed by atoms with Gasteiger partial charge in [-0.25, -0.2) is 0 Å². The molecule has 1 heterocycles. The summed E-state index contributed by atoms with van der Waals surface area (Å²) in [5.41, 5.74) is 0.754. The number of benzene rings is 2. The highest BCUT2D eigenvalue weighted by Gasteiger charge is 2.44. The molecular weight excluding hydrogens is 432 g/mol. The number of hydrogen-bond donors (Lipinski definition) is 4. The van der Waals surface area contributed by atoms with E-state index in [1.54, 1.807) is 38.5 Å². The predicted octanol–water partition coefficient (Wildman–Crippen LogP) is 1.84. The normalized spacial score (nSPS) is 26.3. The lowest BCUT2D eigenvalue weighted by molar-refractivity contribution is -0.0910. The fourth-order valence-electron chi connectivity index (χ4n) is 3.29. The molecule has 0 aromatic heterocycles. The maximum atomic E-state index is 10.4. The molecule has 164 valence electrons. The zero-order valence-electron chi connectivity index (χ0n) is 16.6. The Morgan fingerprint density at radius 2 is 1.67 bits per heavy atom. The Labute approximate surface area is 184 Å². The molecule has 1 saturated heterocycles. The van der Waals surface area contributed by atoms with Crippen molar-refractivity contribution in [3.63, 3.8) is 0 Å². The van der Waals surface area contributed by atoms with Gasteiger partial charge in [-0.3, -0.25) is 0 Å². The lowest BCUT2D eigenvalue weighted by atomic mass is 10.0. The number of hydrogen-bond acceptors (Lipinski definition) is 8. The van der Waals surface area contributed by atoms with E-state index in [-0.39, 0.29) is 6.61 Å². The molecule has 2 aromatic rings. The van der Waals surface area contributed by atoms with E-state index < -0.39 is 29.0 Å². The lowest BCUT2D eigenvalue weighted by Gasteiger charge is -2.39. The first-order chi connectivity index (χ1) is 14.4. The highest BCUT2D eigenvalue weighted by atomic mass is 35.5. The van der Waals surface area contributed by atoms with Gasteiger partial charge in [-0.15, -0.1) is 11.8 Å². The second kappa shape index (κ2) is 10.1. The van der Waals surface area contributed by atoms with Gasteiger partial charge in [0.25, 0.3) is 0 Å². The minimum atomic E-state index is -1.43. The third kappa shape index (κ3) is 4.96. The first-order valence-electron chi connectivity index (χ1n) is 9.34. The van der Waals surface area contributed by atoms with Crippen LogP contribution in [0.1, 0.15) is 11.1 Å². The van der Waals surface area contributed by atoms with Gasteiger partial charge in [-0.1, -0.05) is 17.7 Å². The van der Waals surface area contributed by atoms with Crippen LogP contribution in [0.25, 0.3) is 0 Å². The molecule has 0 radical (unpaired) electrons.